The minimum absolute atomic E-state index is 0.0730. The van der Waals surface area contributed by atoms with Crippen LogP contribution >= 0.6 is 0 Å². The van der Waals surface area contributed by atoms with Crippen molar-refractivity contribution in [3.63, 3.8) is 0 Å². The Balaban J connectivity index is 1.01. The number of allylic oxidation sites excluding steroid dienone is 2. The summed E-state index contributed by atoms with van der Waals surface area (Å²) in [5.41, 5.74) is 0.788. The maximum Gasteiger partial charge on any atom is 0.337 e. The number of hydrogen-bond donors (Lipinski definition) is 11. The van der Waals surface area contributed by atoms with Gasteiger partial charge in [-0.1, -0.05) is 24.3 Å². The summed E-state index contributed by atoms with van der Waals surface area (Å²) in [4.78, 5) is 52.3. The SMILES string of the molecule is C/C=C1\[C@H](O[C@@H]2O[C@H](CO)[C@@H](O)[C@H](O)[C@H]2O)OC=C(C(=O)OC)[C@H]1CC(=O)OC[C@H]1O[C@@H](OCCc2ccc(OC(=O)C[C@@H]3C(C(=O)OC)=CO[C@@H](O[C@@H]4O[C@H](CO)[C@@H](O)[C@H](O)[C@H]4O)/C3=C/C)cc2)[C@H](O)[C@@H](O)[C@@H]1O. The molecular weight excluding hydrogens is 1010 g/mol. The van der Waals surface area contributed by atoms with Crippen molar-refractivity contribution in [2.45, 2.75) is 138 Å². The summed E-state index contributed by atoms with van der Waals surface area (Å²) in [5.74, 6) is -5.53. The van der Waals surface area contributed by atoms with Gasteiger partial charge in [-0.15, -0.1) is 0 Å². The molecule has 6 rings (SSSR count). The molecule has 3 fully saturated rings. The number of esters is 4. The molecule has 1 aromatic carbocycles. The van der Waals surface area contributed by atoms with Crippen LogP contribution in [0, 0.1) is 11.8 Å². The summed E-state index contributed by atoms with van der Waals surface area (Å²) in [6.07, 6.45) is -23.2. The van der Waals surface area contributed by atoms with E-state index in [0.29, 0.717) is 5.56 Å². The van der Waals surface area contributed by atoms with Crippen LogP contribution in [0.3, 0.4) is 0 Å². The summed E-state index contributed by atoms with van der Waals surface area (Å²) in [7, 11) is 2.22. The third kappa shape index (κ3) is 13.8. The van der Waals surface area contributed by atoms with Crippen molar-refractivity contribution in [2.24, 2.45) is 11.8 Å². The molecule has 19 atom stereocenters. The minimum atomic E-state index is -1.81. The van der Waals surface area contributed by atoms with Gasteiger partial charge >= 0.3 is 23.9 Å². The number of aliphatic hydroxyl groups is 11. The van der Waals surface area contributed by atoms with Crippen LogP contribution in [0.2, 0.25) is 0 Å². The van der Waals surface area contributed by atoms with Crippen molar-refractivity contribution in [2.75, 3.05) is 40.6 Å². The summed E-state index contributed by atoms with van der Waals surface area (Å²) in [6.45, 7) is 0.862. The number of ether oxygens (including phenoxy) is 12. The highest BCUT2D eigenvalue weighted by Crippen LogP contribution is 2.38. The molecule has 11 N–H and O–H groups in total. The fraction of sp³-hybridized carbons (Fsp3) is 0.625. The van der Waals surface area contributed by atoms with Crippen molar-refractivity contribution in [1.82, 2.24) is 0 Å². The van der Waals surface area contributed by atoms with E-state index < -0.39 is 173 Å². The van der Waals surface area contributed by atoms with Gasteiger partial charge in [0.05, 0.1) is 70.6 Å². The van der Waals surface area contributed by atoms with Crippen LogP contribution in [0.15, 0.2) is 71.2 Å². The maximum atomic E-state index is 13.4. The zero-order valence-corrected chi connectivity index (χ0v) is 41.0. The average molecular weight is 1070 g/mol. The van der Waals surface area contributed by atoms with Crippen LogP contribution in [-0.2, 0) is 77.7 Å². The van der Waals surface area contributed by atoms with Crippen molar-refractivity contribution < 1.29 is 132 Å². The van der Waals surface area contributed by atoms with Gasteiger partial charge in [-0.3, -0.25) is 9.59 Å². The first-order chi connectivity index (χ1) is 35.8. The van der Waals surface area contributed by atoms with Crippen molar-refractivity contribution in [3.8, 4) is 5.75 Å². The van der Waals surface area contributed by atoms with E-state index in [4.69, 9.17) is 56.8 Å². The molecule has 27 heteroatoms. The first kappa shape index (κ1) is 59.2. The fourth-order valence-electron chi connectivity index (χ4n) is 8.80. The molecule has 5 heterocycles. The van der Waals surface area contributed by atoms with Gasteiger partial charge in [0.15, 0.2) is 18.9 Å². The van der Waals surface area contributed by atoms with Crippen LogP contribution < -0.4 is 4.74 Å². The van der Waals surface area contributed by atoms with Gasteiger partial charge in [0, 0.05) is 23.0 Å². The lowest BCUT2D eigenvalue weighted by Gasteiger charge is -2.42. The highest BCUT2D eigenvalue weighted by Gasteiger charge is 2.50. The first-order valence-electron chi connectivity index (χ1n) is 23.7. The smallest absolute Gasteiger partial charge is 0.337 e. The first-order valence-corrected chi connectivity index (χ1v) is 23.7. The van der Waals surface area contributed by atoms with E-state index in [1.165, 1.54) is 31.2 Å². The van der Waals surface area contributed by atoms with Gasteiger partial charge in [0.2, 0.25) is 12.6 Å². The van der Waals surface area contributed by atoms with Gasteiger partial charge in [0.1, 0.15) is 85.6 Å². The maximum absolute atomic E-state index is 13.4. The zero-order valence-electron chi connectivity index (χ0n) is 41.0. The molecule has 75 heavy (non-hydrogen) atoms. The summed E-state index contributed by atoms with van der Waals surface area (Å²) in [6, 6.07) is 6.15. The van der Waals surface area contributed by atoms with E-state index in [-0.39, 0.29) is 41.1 Å². The van der Waals surface area contributed by atoms with Gasteiger partial charge in [-0.05, 0) is 38.0 Å². The monoisotopic (exact) mass is 1070 g/mol. The number of hydrogen-bond acceptors (Lipinski definition) is 27. The molecule has 0 amide bonds. The second kappa shape index (κ2) is 26.8. The van der Waals surface area contributed by atoms with E-state index in [2.05, 4.69) is 0 Å². The topological polar surface area (TPSA) is 402 Å². The number of aliphatic hydroxyl groups excluding tert-OH is 11. The molecule has 27 nitrogen and oxygen atoms in total. The predicted octanol–water partition coefficient (Wildman–Crippen LogP) is -4.13. The van der Waals surface area contributed by atoms with Crippen LogP contribution in [0.25, 0.3) is 0 Å². The van der Waals surface area contributed by atoms with Crippen LogP contribution in [0.5, 0.6) is 5.75 Å². The molecule has 0 aliphatic carbocycles. The Bertz CT molecular complexity index is 2230. The highest BCUT2D eigenvalue weighted by atomic mass is 16.8. The van der Waals surface area contributed by atoms with E-state index in [1.807, 2.05) is 0 Å². The zero-order chi connectivity index (χ0) is 54.8. The van der Waals surface area contributed by atoms with Crippen molar-refractivity contribution in [1.29, 1.82) is 0 Å². The second-order valence-corrected chi connectivity index (χ2v) is 17.8. The number of carbonyl (C=O) groups is 4. The summed E-state index contributed by atoms with van der Waals surface area (Å²) in [5, 5.41) is 113. The van der Waals surface area contributed by atoms with Gasteiger partial charge in [-0.25, -0.2) is 9.59 Å². The van der Waals surface area contributed by atoms with Crippen LogP contribution in [0.1, 0.15) is 32.3 Å². The van der Waals surface area contributed by atoms with E-state index in [9.17, 15) is 75.3 Å². The van der Waals surface area contributed by atoms with Gasteiger partial charge in [-0.2, -0.15) is 0 Å². The standard InChI is InChI=1S/C48H64O27/c1-5-22-24(26(42(62)64-3)17-68-44(22)74-47-40(60)36(56)33(53)28(15-49)71-47)13-31(51)67-19-30-35(55)38(58)39(59)46(73-30)66-12-11-20-7-9-21(10-8-20)70-32(52)14-25-23(6-2)45(69-18-27(25)43(63)65-4)75-48-41(61)37(57)34(54)29(16-50)72-48/h5-10,17-18,24-25,28-30,33-41,44-50,53-61H,11-16,19H2,1-4H3/b22-5-,23-6+/t24-,25-,28+,29+,30+,33+,34+,35+,36-,37-,38-,39+,40+,41+,44-,45-,46+,47-,48-/m0/s1. The Morgan fingerprint density at radius 1 is 0.560 bits per heavy atom. The highest BCUT2D eigenvalue weighted by molar-refractivity contribution is 5.91. The molecule has 0 bridgehead atoms. The Kier molecular flexibility index (Phi) is 21.2. The van der Waals surface area contributed by atoms with E-state index >= 15 is 0 Å². The molecule has 0 unspecified atom stereocenters. The minimum Gasteiger partial charge on any atom is -0.468 e. The summed E-state index contributed by atoms with van der Waals surface area (Å²) >= 11 is 0. The lowest BCUT2D eigenvalue weighted by molar-refractivity contribution is -0.327. The van der Waals surface area contributed by atoms with Gasteiger partial charge < -0.3 is 113 Å². The van der Waals surface area contributed by atoms with E-state index in [1.54, 1.807) is 19.1 Å². The Morgan fingerprint density at radius 2 is 0.987 bits per heavy atom. The molecule has 0 spiro atoms. The number of carbonyl (C=O) groups excluding carboxylic acids is 4. The second-order valence-electron chi connectivity index (χ2n) is 17.8. The largest absolute Gasteiger partial charge is 0.468 e. The quantitative estimate of drug-likeness (QED) is 0.0271. The Morgan fingerprint density at radius 3 is 1.43 bits per heavy atom. The molecule has 5 aliphatic heterocycles. The van der Waals surface area contributed by atoms with Crippen molar-refractivity contribution in [3.05, 3.63) is 76.8 Å². The molecule has 0 saturated carbocycles. The molecule has 3 saturated heterocycles. The predicted molar refractivity (Wildman–Crippen MR) is 243 cm³/mol. The van der Waals surface area contributed by atoms with Crippen LogP contribution in [0.4, 0.5) is 0 Å². The van der Waals surface area contributed by atoms with Crippen LogP contribution in [-0.4, -0.2) is 225 Å². The van der Waals surface area contributed by atoms with Crippen molar-refractivity contribution >= 4 is 23.9 Å². The summed E-state index contributed by atoms with van der Waals surface area (Å²) < 4.78 is 65.8. The molecule has 1 aromatic rings. The fourth-order valence-corrected chi connectivity index (χ4v) is 8.80. The average Bonchev–Trinajstić information content (AvgIpc) is 3.40. The molecule has 0 radical (unpaired) electrons. The lowest BCUT2D eigenvalue weighted by atomic mass is 9.86. The lowest BCUT2D eigenvalue weighted by Crippen LogP contribution is -2.60. The number of rotatable bonds is 19. The molecule has 418 valence electrons. The molecular formula is C48H64O27. The third-order valence-electron chi connectivity index (χ3n) is 13.1. The normalized spacial score (nSPS) is 37.1. The third-order valence-corrected chi connectivity index (χ3v) is 13.1. The Labute approximate surface area is 428 Å². The van der Waals surface area contributed by atoms with E-state index in [0.717, 1.165) is 26.7 Å². The number of benzene rings is 1. The van der Waals surface area contributed by atoms with Gasteiger partial charge in [0.25, 0.3) is 0 Å². The Hall–Kier alpha value is -5.02. The molecule has 5 aliphatic rings. The number of methoxy groups -OCH3 is 2. The molecule has 0 aromatic heterocycles.